The van der Waals surface area contributed by atoms with Crippen molar-refractivity contribution in [3.63, 3.8) is 0 Å². The number of hydrogen-bond acceptors (Lipinski definition) is 5. The van der Waals surface area contributed by atoms with Gasteiger partial charge in [0, 0.05) is 28.3 Å². The quantitative estimate of drug-likeness (QED) is 0.618. The zero-order valence-electron chi connectivity index (χ0n) is 14.5. The van der Waals surface area contributed by atoms with E-state index in [0.29, 0.717) is 28.4 Å². The molecule has 0 aliphatic heterocycles. The van der Waals surface area contributed by atoms with Crippen molar-refractivity contribution in [3.8, 4) is 0 Å². The SMILES string of the molecule is CC(C)N(Cc1ccccc1)c1nncc(Nc2cc(Cl)cc(Cl)c2)n1. The molecule has 134 valence electrons. The maximum atomic E-state index is 6.05. The smallest absolute Gasteiger partial charge is 0.247 e. The maximum Gasteiger partial charge on any atom is 0.247 e. The first-order valence-corrected chi connectivity index (χ1v) is 9.00. The lowest BCUT2D eigenvalue weighted by molar-refractivity contribution is 0.653. The Balaban J connectivity index is 1.84. The van der Waals surface area contributed by atoms with E-state index in [1.807, 2.05) is 18.2 Å². The van der Waals surface area contributed by atoms with E-state index in [9.17, 15) is 0 Å². The third-order valence-electron chi connectivity index (χ3n) is 3.76. The van der Waals surface area contributed by atoms with Gasteiger partial charge in [-0.1, -0.05) is 53.5 Å². The van der Waals surface area contributed by atoms with E-state index in [1.54, 1.807) is 24.4 Å². The fraction of sp³-hybridized carbons (Fsp3) is 0.211. The molecular weight excluding hydrogens is 369 g/mol. The van der Waals surface area contributed by atoms with E-state index < -0.39 is 0 Å². The predicted molar refractivity (Wildman–Crippen MR) is 107 cm³/mol. The predicted octanol–water partition coefficient (Wildman–Crippen LogP) is 5.34. The Morgan fingerprint density at radius 1 is 1.04 bits per heavy atom. The molecule has 7 heteroatoms. The molecule has 0 aliphatic rings. The lowest BCUT2D eigenvalue weighted by atomic mass is 10.2. The molecule has 0 atom stereocenters. The van der Waals surface area contributed by atoms with Gasteiger partial charge in [0.15, 0.2) is 5.82 Å². The minimum atomic E-state index is 0.216. The second kappa shape index (κ2) is 8.34. The van der Waals surface area contributed by atoms with Crippen LogP contribution in [0.4, 0.5) is 17.5 Å². The largest absolute Gasteiger partial charge is 0.339 e. The number of rotatable bonds is 6. The average Bonchev–Trinajstić information content (AvgIpc) is 2.59. The van der Waals surface area contributed by atoms with E-state index in [1.165, 1.54) is 5.56 Å². The average molecular weight is 388 g/mol. The second-order valence-electron chi connectivity index (χ2n) is 6.13. The first kappa shape index (κ1) is 18.4. The topological polar surface area (TPSA) is 53.9 Å². The molecular formula is C19H19Cl2N5. The van der Waals surface area contributed by atoms with Crippen LogP contribution in [0.2, 0.25) is 10.0 Å². The van der Waals surface area contributed by atoms with Gasteiger partial charge >= 0.3 is 0 Å². The van der Waals surface area contributed by atoms with Gasteiger partial charge in [-0.3, -0.25) is 0 Å². The molecule has 0 bridgehead atoms. The van der Waals surface area contributed by atoms with Crippen molar-refractivity contribution in [1.82, 2.24) is 15.2 Å². The molecule has 5 nitrogen and oxygen atoms in total. The summed E-state index contributed by atoms with van der Waals surface area (Å²) >= 11 is 12.1. The van der Waals surface area contributed by atoms with Crippen LogP contribution in [0, 0.1) is 0 Å². The second-order valence-corrected chi connectivity index (χ2v) is 7.00. The van der Waals surface area contributed by atoms with Crippen molar-refractivity contribution >= 4 is 40.7 Å². The number of nitrogens with zero attached hydrogens (tertiary/aromatic N) is 4. The molecule has 26 heavy (non-hydrogen) atoms. The number of aromatic nitrogens is 3. The standard InChI is InChI=1S/C19H19Cl2N5/c1-13(2)26(12-14-6-4-3-5-7-14)19-24-18(11-22-25-19)23-17-9-15(20)8-16(21)10-17/h3-11,13H,12H2,1-2H3,(H,23,24,25). The van der Waals surface area contributed by atoms with E-state index in [2.05, 4.69) is 51.4 Å². The van der Waals surface area contributed by atoms with Crippen LogP contribution in [-0.2, 0) is 6.54 Å². The fourth-order valence-electron chi connectivity index (χ4n) is 2.51. The molecule has 3 aromatic rings. The van der Waals surface area contributed by atoms with Crippen LogP contribution < -0.4 is 10.2 Å². The van der Waals surface area contributed by atoms with Crippen LogP contribution in [0.15, 0.2) is 54.7 Å². The Morgan fingerprint density at radius 2 is 1.73 bits per heavy atom. The van der Waals surface area contributed by atoms with Crippen molar-refractivity contribution in [3.05, 3.63) is 70.3 Å². The van der Waals surface area contributed by atoms with Gasteiger partial charge in [0.2, 0.25) is 5.95 Å². The highest BCUT2D eigenvalue weighted by molar-refractivity contribution is 6.35. The number of benzene rings is 2. The number of hydrogen-bond donors (Lipinski definition) is 1. The number of nitrogens with one attached hydrogen (secondary N) is 1. The lowest BCUT2D eigenvalue weighted by Crippen LogP contribution is -2.32. The highest BCUT2D eigenvalue weighted by Gasteiger charge is 2.15. The summed E-state index contributed by atoms with van der Waals surface area (Å²) in [5.74, 6) is 1.13. The highest BCUT2D eigenvalue weighted by Crippen LogP contribution is 2.25. The molecule has 1 N–H and O–H groups in total. The minimum Gasteiger partial charge on any atom is -0.339 e. The van der Waals surface area contributed by atoms with Crippen LogP contribution >= 0.6 is 23.2 Å². The Hall–Kier alpha value is -2.37. The molecule has 0 saturated carbocycles. The summed E-state index contributed by atoms with van der Waals surface area (Å²) in [5, 5.41) is 12.6. The normalized spacial score (nSPS) is 10.8. The lowest BCUT2D eigenvalue weighted by Gasteiger charge is -2.26. The van der Waals surface area contributed by atoms with Gasteiger partial charge in [-0.05, 0) is 37.6 Å². The van der Waals surface area contributed by atoms with Crippen LogP contribution in [0.25, 0.3) is 0 Å². The molecule has 0 radical (unpaired) electrons. The Kier molecular flexibility index (Phi) is 5.91. The van der Waals surface area contributed by atoms with Crippen molar-refractivity contribution in [2.24, 2.45) is 0 Å². The molecule has 0 amide bonds. The van der Waals surface area contributed by atoms with Gasteiger partial charge in [-0.25, -0.2) is 0 Å². The van der Waals surface area contributed by atoms with E-state index in [-0.39, 0.29) is 6.04 Å². The third kappa shape index (κ3) is 4.84. The summed E-state index contributed by atoms with van der Waals surface area (Å²) in [5.41, 5.74) is 1.93. The first-order valence-electron chi connectivity index (χ1n) is 8.24. The molecule has 0 aliphatic carbocycles. The van der Waals surface area contributed by atoms with E-state index >= 15 is 0 Å². The summed E-state index contributed by atoms with van der Waals surface area (Å²) in [6.07, 6.45) is 1.57. The molecule has 0 unspecified atom stereocenters. The van der Waals surface area contributed by atoms with Crippen molar-refractivity contribution in [2.75, 3.05) is 10.2 Å². The number of halogens is 2. The Bertz CT molecular complexity index is 851. The highest BCUT2D eigenvalue weighted by atomic mass is 35.5. The van der Waals surface area contributed by atoms with E-state index in [0.717, 1.165) is 5.69 Å². The first-order chi connectivity index (χ1) is 12.5. The Morgan fingerprint density at radius 3 is 2.38 bits per heavy atom. The van der Waals surface area contributed by atoms with Crippen molar-refractivity contribution < 1.29 is 0 Å². The molecule has 2 aromatic carbocycles. The maximum absolute atomic E-state index is 6.05. The molecule has 0 fully saturated rings. The van der Waals surface area contributed by atoms with Crippen LogP contribution in [-0.4, -0.2) is 21.2 Å². The van der Waals surface area contributed by atoms with Crippen molar-refractivity contribution in [1.29, 1.82) is 0 Å². The van der Waals surface area contributed by atoms with Crippen LogP contribution in [0.1, 0.15) is 19.4 Å². The van der Waals surface area contributed by atoms with Gasteiger partial charge < -0.3 is 10.2 Å². The molecule has 1 aromatic heterocycles. The summed E-state index contributed by atoms with van der Waals surface area (Å²) in [7, 11) is 0. The summed E-state index contributed by atoms with van der Waals surface area (Å²) in [6.45, 7) is 4.90. The molecule has 0 spiro atoms. The van der Waals surface area contributed by atoms with Gasteiger partial charge in [0.1, 0.15) is 0 Å². The zero-order valence-corrected chi connectivity index (χ0v) is 16.0. The summed E-state index contributed by atoms with van der Waals surface area (Å²) in [4.78, 5) is 6.70. The molecule has 3 rings (SSSR count). The number of anilines is 3. The minimum absolute atomic E-state index is 0.216. The van der Waals surface area contributed by atoms with Gasteiger partial charge in [0.25, 0.3) is 0 Å². The van der Waals surface area contributed by atoms with E-state index in [4.69, 9.17) is 23.2 Å². The van der Waals surface area contributed by atoms with Gasteiger partial charge in [0.05, 0.1) is 6.20 Å². The molecule has 0 saturated heterocycles. The van der Waals surface area contributed by atoms with Crippen LogP contribution in [0.5, 0.6) is 0 Å². The molecule has 1 heterocycles. The Labute approximate surface area is 163 Å². The fourth-order valence-corrected chi connectivity index (χ4v) is 3.04. The summed E-state index contributed by atoms with van der Waals surface area (Å²) in [6, 6.07) is 15.7. The van der Waals surface area contributed by atoms with Gasteiger partial charge in [-0.15, -0.1) is 5.10 Å². The monoisotopic (exact) mass is 387 g/mol. The van der Waals surface area contributed by atoms with Crippen LogP contribution in [0.3, 0.4) is 0 Å². The summed E-state index contributed by atoms with van der Waals surface area (Å²) < 4.78 is 0. The van der Waals surface area contributed by atoms with Gasteiger partial charge in [-0.2, -0.15) is 10.1 Å². The third-order valence-corrected chi connectivity index (χ3v) is 4.20. The zero-order chi connectivity index (χ0) is 18.5. The van der Waals surface area contributed by atoms with Crippen molar-refractivity contribution in [2.45, 2.75) is 26.4 Å².